The number of nitrogens with zero attached hydrogens (tertiary/aromatic N) is 3. The lowest BCUT2D eigenvalue weighted by molar-refractivity contribution is 0.348. The second-order valence-corrected chi connectivity index (χ2v) is 2.47. The number of fused-ring (bicyclic) bond motifs is 1. The summed E-state index contributed by atoms with van der Waals surface area (Å²) >= 11 is 0. The van der Waals surface area contributed by atoms with Crippen LogP contribution in [-0.4, -0.2) is 28.6 Å². The number of methoxy groups -OCH3 is 2. The molecule has 13 heavy (non-hydrogen) atoms. The van der Waals surface area contributed by atoms with Gasteiger partial charge in [-0.3, -0.25) is 4.40 Å². The van der Waals surface area contributed by atoms with Crippen molar-refractivity contribution >= 4 is 5.52 Å². The van der Waals surface area contributed by atoms with E-state index >= 15 is 0 Å². The minimum Gasteiger partial charge on any atom is -0.481 e. The third-order valence-corrected chi connectivity index (χ3v) is 1.74. The summed E-state index contributed by atoms with van der Waals surface area (Å²) in [7, 11) is 3.12. The molecule has 0 saturated heterocycles. The topological polar surface area (TPSA) is 48.7 Å². The Bertz CT molecular complexity index is 424. The highest BCUT2D eigenvalue weighted by molar-refractivity contribution is 5.49. The second kappa shape index (κ2) is 2.93. The molecule has 0 aliphatic carbocycles. The van der Waals surface area contributed by atoms with Gasteiger partial charge in [0.05, 0.1) is 25.9 Å². The van der Waals surface area contributed by atoms with E-state index in [1.807, 2.05) is 0 Å². The van der Waals surface area contributed by atoms with Gasteiger partial charge in [-0.25, -0.2) is 4.98 Å². The van der Waals surface area contributed by atoms with Crippen molar-refractivity contribution in [2.24, 2.45) is 0 Å². The maximum Gasteiger partial charge on any atom is 0.305 e. The van der Waals surface area contributed by atoms with E-state index in [0.717, 1.165) is 5.52 Å². The number of rotatable bonds is 2. The lowest BCUT2D eigenvalue weighted by atomic mass is 10.5. The Morgan fingerprint density at radius 2 is 2.15 bits per heavy atom. The van der Waals surface area contributed by atoms with Crippen molar-refractivity contribution in [1.29, 1.82) is 0 Å². The van der Waals surface area contributed by atoms with E-state index in [1.165, 1.54) is 0 Å². The van der Waals surface area contributed by atoms with Gasteiger partial charge in [-0.2, -0.15) is 4.98 Å². The minimum absolute atomic E-state index is 0.465. The molecule has 0 amide bonds. The van der Waals surface area contributed by atoms with Crippen LogP contribution >= 0.6 is 0 Å². The Labute approximate surface area is 74.9 Å². The molecule has 2 rings (SSSR count). The zero-order chi connectivity index (χ0) is 9.26. The van der Waals surface area contributed by atoms with Crippen molar-refractivity contribution in [3.05, 3.63) is 18.6 Å². The molecule has 0 bridgehead atoms. The summed E-state index contributed by atoms with van der Waals surface area (Å²) in [4.78, 5) is 8.06. The molecule has 0 saturated carbocycles. The molecule has 0 spiro atoms. The van der Waals surface area contributed by atoms with Crippen LogP contribution in [0.5, 0.6) is 11.9 Å². The van der Waals surface area contributed by atoms with Crippen molar-refractivity contribution < 1.29 is 9.47 Å². The van der Waals surface area contributed by atoms with Crippen molar-refractivity contribution in [2.75, 3.05) is 14.2 Å². The Morgan fingerprint density at radius 3 is 2.85 bits per heavy atom. The molecule has 0 fully saturated rings. The molecule has 0 atom stereocenters. The van der Waals surface area contributed by atoms with Gasteiger partial charge in [0.25, 0.3) is 0 Å². The highest BCUT2D eigenvalue weighted by atomic mass is 16.5. The van der Waals surface area contributed by atoms with E-state index in [4.69, 9.17) is 9.47 Å². The maximum atomic E-state index is 5.06. The van der Waals surface area contributed by atoms with Gasteiger partial charge in [0.2, 0.25) is 5.88 Å². The van der Waals surface area contributed by atoms with E-state index in [1.54, 1.807) is 37.2 Å². The SMILES string of the molecule is COc1cc2cncn2c(OC)n1. The van der Waals surface area contributed by atoms with Crippen LogP contribution in [0.4, 0.5) is 0 Å². The zero-order valence-corrected chi connectivity index (χ0v) is 7.39. The van der Waals surface area contributed by atoms with Gasteiger partial charge in [-0.1, -0.05) is 0 Å². The first-order valence-electron chi connectivity index (χ1n) is 3.76. The van der Waals surface area contributed by atoms with Crippen LogP contribution in [-0.2, 0) is 0 Å². The molecule has 2 heterocycles. The van der Waals surface area contributed by atoms with Gasteiger partial charge in [0.1, 0.15) is 6.33 Å². The van der Waals surface area contributed by atoms with Gasteiger partial charge in [-0.05, 0) is 0 Å². The highest BCUT2D eigenvalue weighted by Gasteiger charge is 2.05. The summed E-state index contributed by atoms with van der Waals surface area (Å²) in [6.45, 7) is 0. The molecule has 5 nitrogen and oxygen atoms in total. The Hall–Kier alpha value is -1.78. The maximum absolute atomic E-state index is 5.06. The normalized spacial score (nSPS) is 10.3. The summed E-state index contributed by atoms with van der Waals surface area (Å²) in [6, 6.07) is 2.25. The smallest absolute Gasteiger partial charge is 0.305 e. The van der Waals surface area contributed by atoms with Crippen molar-refractivity contribution in [1.82, 2.24) is 14.4 Å². The van der Waals surface area contributed by atoms with E-state index in [9.17, 15) is 0 Å². The molecule has 2 aromatic heterocycles. The van der Waals surface area contributed by atoms with Crippen molar-refractivity contribution in [3.63, 3.8) is 0 Å². The van der Waals surface area contributed by atoms with Gasteiger partial charge in [0.15, 0.2) is 0 Å². The first-order valence-corrected chi connectivity index (χ1v) is 3.76. The van der Waals surface area contributed by atoms with Crippen LogP contribution in [0.1, 0.15) is 0 Å². The molecule has 5 heteroatoms. The van der Waals surface area contributed by atoms with Crippen LogP contribution in [0.25, 0.3) is 5.52 Å². The third-order valence-electron chi connectivity index (χ3n) is 1.74. The average molecular weight is 179 g/mol. The Kier molecular flexibility index (Phi) is 1.77. The molecule has 2 aromatic rings. The largest absolute Gasteiger partial charge is 0.481 e. The monoisotopic (exact) mass is 179 g/mol. The van der Waals surface area contributed by atoms with Crippen LogP contribution < -0.4 is 9.47 Å². The van der Waals surface area contributed by atoms with Crippen LogP contribution in [0.2, 0.25) is 0 Å². The van der Waals surface area contributed by atoms with Gasteiger partial charge in [-0.15, -0.1) is 0 Å². The molecule has 0 aliphatic rings. The van der Waals surface area contributed by atoms with E-state index in [0.29, 0.717) is 11.9 Å². The minimum atomic E-state index is 0.465. The standard InChI is InChI=1S/C8H9N3O2/c1-12-7-3-6-4-9-5-11(6)8(10-7)13-2/h3-5H,1-2H3. The predicted octanol–water partition coefficient (Wildman–Crippen LogP) is 0.746. The van der Waals surface area contributed by atoms with E-state index < -0.39 is 0 Å². The molecular formula is C8H9N3O2. The molecule has 68 valence electrons. The predicted molar refractivity (Wildman–Crippen MR) is 46.1 cm³/mol. The number of ether oxygens (including phenoxy) is 2. The number of hydrogen-bond donors (Lipinski definition) is 0. The number of imidazole rings is 1. The van der Waals surface area contributed by atoms with Gasteiger partial charge in [0, 0.05) is 6.07 Å². The van der Waals surface area contributed by atoms with Crippen molar-refractivity contribution in [3.8, 4) is 11.9 Å². The van der Waals surface area contributed by atoms with Crippen LogP contribution in [0, 0.1) is 0 Å². The van der Waals surface area contributed by atoms with Crippen LogP contribution in [0.15, 0.2) is 18.6 Å². The third kappa shape index (κ3) is 1.18. The quantitative estimate of drug-likeness (QED) is 0.682. The fraction of sp³-hybridized carbons (Fsp3) is 0.250. The molecular weight excluding hydrogens is 170 g/mol. The Morgan fingerprint density at radius 1 is 1.31 bits per heavy atom. The highest BCUT2D eigenvalue weighted by Crippen LogP contribution is 2.17. The zero-order valence-electron chi connectivity index (χ0n) is 7.39. The summed E-state index contributed by atoms with van der Waals surface area (Å²) in [6.07, 6.45) is 3.35. The first-order chi connectivity index (χ1) is 6.35. The fourth-order valence-electron chi connectivity index (χ4n) is 1.13. The number of aromatic nitrogens is 3. The lowest BCUT2D eigenvalue weighted by Gasteiger charge is -2.04. The first kappa shape index (κ1) is 7.85. The van der Waals surface area contributed by atoms with Crippen molar-refractivity contribution in [2.45, 2.75) is 0 Å². The van der Waals surface area contributed by atoms with E-state index in [-0.39, 0.29) is 0 Å². The van der Waals surface area contributed by atoms with Crippen LogP contribution in [0.3, 0.4) is 0 Å². The van der Waals surface area contributed by atoms with Gasteiger partial charge >= 0.3 is 6.01 Å². The van der Waals surface area contributed by atoms with Gasteiger partial charge < -0.3 is 9.47 Å². The molecule has 0 aromatic carbocycles. The van der Waals surface area contributed by atoms with E-state index in [2.05, 4.69) is 9.97 Å². The summed E-state index contributed by atoms with van der Waals surface area (Å²) in [5.74, 6) is 0.518. The summed E-state index contributed by atoms with van der Waals surface area (Å²) < 4.78 is 11.8. The molecule has 0 N–H and O–H groups in total. The summed E-state index contributed by atoms with van der Waals surface area (Å²) in [5, 5.41) is 0. The Balaban J connectivity index is 2.70. The lowest BCUT2D eigenvalue weighted by Crippen LogP contribution is -1.98. The average Bonchev–Trinajstić information content (AvgIpc) is 2.63. The molecule has 0 radical (unpaired) electrons. The molecule has 0 unspecified atom stereocenters. The number of hydrogen-bond acceptors (Lipinski definition) is 4. The summed E-state index contributed by atoms with van der Waals surface area (Å²) in [5.41, 5.74) is 0.892. The fourth-order valence-corrected chi connectivity index (χ4v) is 1.13. The molecule has 0 aliphatic heterocycles. The second-order valence-electron chi connectivity index (χ2n) is 2.47.